The molecule has 0 aliphatic carbocycles. The molecule has 1 aromatic rings. The van der Waals surface area contributed by atoms with Crippen LogP contribution in [0.15, 0.2) is 24.3 Å². The Labute approximate surface area is 137 Å². The zero-order valence-electron chi connectivity index (χ0n) is 12.9. The Morgan fingerprint density at radius 3 is 2.50 bits per heavy atom. The number of amides is 1. The van der Waals surface area contributed by atoms with Crippen LogP contribution in [0.5, 0.6) is 5.75 Å². The van der Waals surface area contributed by atoms with Gasteiger partial charge in [-0.3, -0.25) is 4.79 Å². The van der Waals surface area contributed by atoms with Crippen LogP contribution in [0.2, 0.25) is 0 Å². The van der Waals surface area contributed by atoms with Gasteiger partial charge in [0.05, 0.1) is 11.1 Å². The molecule has 1 atom stereocenters. The molecular formula is C16H24ClN3O2. The van der Waals surface area contributed by atoms with E-state index in [4.69, 9.17) is 0 Å². The van der Waals surface area contributed by atoms with Crippen LogP contribution in [0.1, 0.15) is 13.3 Å². The molecule has 2 saturated heterocycles. The number of nitrogens with zero attached hydrogens (tertiary/aromatic N) is 2. The summed E-state index contributed by atoms with van der Waals surface area (Å²) in [5.74, 6) is 0.577. The van der Waals surface area contributed by atoms with Crippen molar-refractivity contribution in [2.24, 2.45) is 5.41 Å². The van der Waals surface area contributed by atoms with Gasteiger partial charge >= 0.3 is 0 Å². The van der Waals surface area contributed by atoms with Crippen LogP contribution >= 0.6 is 12.4 Å². The van der Waals surface area contributed by atoms with E-state index in [2.05, 4.69) is 17.1 Å². The highest BCUT2D eigenvalue weighted by Crippen LogP contribution is 2.30. The number of piperazine rings is 1. The molecule has 0 bridgehead atoms. The lowest BCUT2D eigenvalue weighted by atomic mass is 9.88. The van der Waals surface area contributed by atoms with Gasteiger partial charge in [-0.15, -0.1) is 12.4 Å². The number of phenolic OH excluding ortho intramolecular Hbond substituents is 1. The van der Waals surface area contributed by atoms with E-state index >= 15 is 0 Å². The van der Waals surface area contributed by atoms with E-state index in [1.807, 2.05) is 23.1 Å². The maximum atomic E-state index is 12.7. The molecule has 0 radical (unpaired) electrons. The van der Waals surface area contributed by atoms with Gasteiger partial charge in [-0.25, -0.2) is 0 Å². The van der Waals surface area contributed by atoms with Crippen molar-refractivity contribution < 1.29 is 9.90 Å². The van der Waals surface area contributed by atoms with Crippen molar-refractivity contribution in [2.45, 2.75) is 13.3 Å². The number of benzene rings is 1. The number of hydrogen-bond acceptors (Lipinski definition) is 4. The number of para-hydroxylation sites is 2. The Bertz CT molecular complexity index is 524. The SMILES string of the molecule is CC1(C(=O)N2CCN(c3ccccc3O)CC2)CCNC1.Cl. The summed E-state index contributed by atoms with van der Waals surface area (Å²) in [6.07, 6.45) is 0.922. The second-order valence-electron chi connectivity index (χ2n) is 6.26. The number of carbonyl (C=O) groups excluding carboxylic acids is 1. The summed E-state index contributed by atoms with van der Waals surface area (Å²) in [4.78, 5) is 16.8. The first-order valence-corrected chi connectivity index (χ1v) is 7.63. The van der Waals surface area contributed by atoms with Crippen LogP contribution in [0, 0.1) is 5.41 Å². The molecule has 2 N–H and O–H groups in total. The first-order valence-electron chi connectivity index (χ1n) is 7.63. The number of phenols is 1. The van der Waals surface area contributed by atoms with Crippen molar-refractivity contribution in [1.29, 1.82) is 0 Å². The topological polar surface area (TPSA) is 55.8 Å². The molecule has 3 rings (SSSR count). The predicted molar refractivity (Wildman–Crippen MR) is 89.7 cm³/mol. The smallest absolute Gasteiger partial charge is 0.229 e. The second kappa shape index (κ2) is 6.75. The number of halogens is 1. The van der Waals surface area contributed by atoms with Crippen LogP contribution < -0.4 is 10.2 Å². The predicted octanol–water partition coefficient (Wildman–Crippen LogP) is 1.46. The van der Waals surface area contributed by atoms with Crippen LogP contribution in [-0.4, -0.2) is 55.2 Å². The number of rotatable bonds is 2. The number of anilines is 1. The number of hydrogen-bond donors (Lipinski definition) is 2. The van der Waals surface area contributed by atoms with Gasteiger partial charge in [0.2, 0.25) is 5.91 Å². The highest BCUT2D eigenvalue weighted by atomic mass is 35.5. The van der Waals surface area contributed by atoms with Gasteiger partial charge in [0.25, 0.3) is 0 Å². The Morgan fingerprint density at radius 1 is 1.23 bits per heavy atom. The average molecular weight is 326 g/mol. The molecule has 22 heavy (non-hydrogen) atoms. The Hall–Kier alpha value is -1.46. The molecule has 0 saturated carbocycles. The third-order valence-corrected chi connectivity index (χ3v) is 4.67. The molecule has 5 nitrogen and oxygen atoms in total. The number of carbonyl (C=O) groups is 1. The summed E-state index contributed by atoms with van der Waals surface area (Å²) in [7, 11) is 0. The van der Waals surface area contributed by atoms with Gasteiger partial charge in [-0.2, -0.15) is 0 Å². The molecular weight excluding hydrogens is 302 g/mol. The molecule has 2 aliphatic rings. The highest BCUT2D eigenvalue weighted by Gasteiger charge is 2.39. The van der Waals surface area contributed by atoms with E-state index in [0.29, 0.717) is 5.75 Å². The fraction of sp³-hybridized carbons (Fsp3) is 0.562. The number of nitrogens with one attached hydrogen (secondary N) is 1. The van der Waals surface area contributed by atoms with Gasteiger partial charge in [0.15, 0.2) is 0 Å². The average Bonchev–Trinajstić information content (AvgIpc) is 2.95. The van der Waals surface area contributed by atoms with Gasteiger partial charge in [-0.1, -0.05) is 12.1 Å². The van der Waals surface area contributed by atoms with E-state index in [1.165, 1.54) is 0 Å². The normalized spacial score (nSPS) is 25.0. The van der Waals surface area contributed by atoms with Crippen LogP contribution in [0.4, 0.5) is 5.69 Å². The Morgan fingerprint density at radius 2 is 1.91 bits per heavy atom. The largest absolute Gasteiger partial charge is 0.506 e. The van der Waals surface area contributed by atoms with Crippen molar-refractivity contribution in [3.8, 4) is 5.75 Å². The standard InChI is InChI=1S/C16H23N3O2.ClH/c1-16(6-7-17-12-16)15(21)19-10-8-18(9-11-19)13-4-2-3-5-14(13)20;/h2-5,17,20H,6-12H2,1H3;1H. The Kier molecular flexibility index (Phi) is 5.19. The third kappa shape index (κ3) is 3.15. The minimum absolute atomic E-state index is 0. The summed E-state index contributed by atoms with van der Waals surface area (Å²) < 4.78 is 0. The lowest BCUT2D eigenvalue weighted by Gasteiger charge is -2.39. The summed E-state index contributed by atoms with van der Waals surface area (Å²) in [5.41, 5.74) is 0.621. The molecule has 2 aliphatic heterocycles. The van der Waals surface area contributed by atoms with E-state index < -0.39 is 0 Å². The minimum atomic E-state index is -0.239. The van der Waals surface area contributed by atoms with Gasteiger partial charge < -0.3 is 20.2 Å². The second-order valence-corrected chi connectivity index (χ2v) is 6.26. The maximum absolute atomic E-state index is 12.7. The molecule has 1 aromatic carbocycles. The molecule has 2 heterocycles. The van der Waals surface area contributed by atoms with Crippen molar-refractivity contribution in [3.05, 3.63) is 24.3 Å². The molecule has 0 spiro atoms. The molecule has 122 valence electrons. The van der Waals surface area contributed by atoms with E-state index in [9.17, 15) is 9.90 Å². The van der Waals surface area contributed by atoms with E-state index in [0.717, 1.165) is 51.4 Å². The van der Waals surface area contributed by atoms with Crippen LogP contribution in [0.3, 0.4) is 0 Å². The summed E-state index contributed by atoms with van der Waals surface area (Å²) in [6, 6.07) is 7.39. The number of aromatic hydroxyl groups is 1. The van der Waals surface area contributed by atoms with Gasteiger partial charge in [0.1, 0.15) is 5.75 Å². The molecule has 1 unspecified atom stereocenters. The van der Waals surface area contributed by atoms with E-state index in [-0.39, 0.29) is 23.7 Å². The fourth-order valence-corrected chi connectivity index (χ4v) is 3.26. The molecule has 1 amide bonds. The molecule has 2 fully saturated rings. The minimum Gasteiger partial charge on any atom is -0.506 e. The lowest BCUT2D eigenvalue weighted by Crippen LogP contribution is -2.53. The van der Waals surface area contributed by atoms with Crippen molar-refractivity contribution in [3.63, 3.8) is 0 Å². The summed E-state index contributed by atoms with van der Waals surface area (Å²) in [5, 5.41) is 13.2. The van der Waals surface area contributed by atoms with Crippen molar-refractivity contribution in [2.75, 3.05) is 44.2 Å². The zero-order valence-corrected chi connectivity index (χ0v) is 13.7. The summed E-state index contributed by atoms with van der Waals surface area (Å²) >= 11 is 0. The van der Waals surface area contributed by atoms with Crippen molar-refractivity contribution in [1.82, 2.24) is 10.2 Å². The van der Waals surface area contributed by atoms with Gasteiger partial charge in [0, 0.05) is 32.7 Å². The molecule has 0 aromatic heterocycles. The monoisotopic (exact) mass is 325 g/mol. The highest BCUT2D eigenvalue weighted by molar-refractivity contribution is 5.85. The first kappa shape index (κ1) is 16.9. The molecule has 6 heteroatoms. The lowest BCUT2D eigenvalue weighted by molar-refractivity contribution is -0.140. The third-order valence-electron chi connectivity index (χ3n) is 4.67. The van der Waals surface area contributed by atoms with Crippen LogP contribution in [-0.2, 0) is 4.79 Å². The maximum Gasteiger partial charge on any atom is 0.229 e. The van der Waals surface area contributed by atoms with Crippen molar-refractivity contribution >= 4 is 24.0 Å². The summed E-state index contributed by atoms with van der Waals surface area (Å²) in [6.45, 7) is 6.77. The zero-order chi connectivity index (χ0) is 14.9. The fourth-order valence-electron chi connectivity index (χ4n) is 3.26. The van der Waals surface area contributed by atoms with Gasteiger partial charge in [-0.05, 0) is 32.0 Å². The van der Waals surface area contributed by atoms with E-state index in [1.54, 1.807) is 6.07 Å². The quantitative estimate of drug-likeness (QED) is 0.864. The van der Waals surface area contributed by atoms with Crippen LogP contribution in [0.25, 0.3) is 0 Å². The Balaban J connectivity index is 0.00000176. The first-order chi connectivity index (χ1) is 10.1.